The molecule has 11 heteroatoms. The molecule has 4 N–H and O–H groups in total. The van der Waals surface area contributed by atoms with Crippen LogP contribution in [-0.2, 0) is 0 Å². The Balaban J connectivity index is 1.19. The predicted molar refractivity (Wildman–Crippen MR) is 364 cm³/mol. The Labute approximate surface area is 525 Å². The summed E-state index contributed by atoms with van der Waals surface area (Å²) in [6.07, 6.45) is 15.6. The van der Waals surface area contributed by atoms with Gasteiger partial charge in [0.25, 0.3) is 0 Å². The number of aromatic nitrogens is 4. The van der Waals surface area contributed by atoms with E-state index in [1.54, 1.807) is 0 Å². The molecular weight excluding hydrogens is 1090 g/mol. The fraction of sp³-hybridized carbons (Fsp3) is 0.429. The first-order valence-electron chi connectivity index (χ1n) is 33.7. The number of nitrogens with zero attached hydrogens (tertiary/aromatic N) is 3. The quantitative estimate of drug-likeness (QED) is 0.0235. The van der Waals surface area contributed by atoms with E-state index in [0.717, 1.165) is 177 Å². The van der Waals surface area contributed by atoms with E-state index in [-0.39, 0.29) is 18.7 Å². The molecule has 0 amide bonds. The zero-order chi connectivity index (χ0) is 61.8. The molecule has 468 valence electrons. The Bertz CT molecular complexity index is 3630. The summed E-state index contributed by atoms with van der Waals surface area (Å²) in [6, 6.07) is 52.3. The van der Waals surface area contributed by atoms with Crippen LogP contribution in [0.5, 0.6) is 23.0 Å². The van der Waals surface area contributed by atoms with Crippen molar-refractivity contribution in [3.63, 3.8) is 0 Å². The monoisotopic (exact) mass is 1190 g/mol. The van der Waals surface area contributed by atoms with Gasteiger partial charge in [0.15, 0.2) is 18.7 Å². The Morgan fingerprint density at radius 3 is 0.807 bits per heavy atom. The largest absolute Gasteiger partial charge is 0.494 e. The molecule has 5 heterocycles. The van der Waals surface area contributed by atoms with E-state index in [1.165, 1.54) is 57.8 Å². The smallest absolute Gasteiger partial charge is 0.152 e. The van der Waals surface area contributed by atoms with E-state index in [0.29, 0.717) is 6.61 Å². The molecule has 0 spiro atoms. The molecule has 0 saturated heterocycles. The summed E-state index contributed by atoms with van der Waals surface area (Å²) >= 11 is 0. The zero-order valence-corrected chi connectivity index (χ0v) is 54.7. The Morgan fingerprint density at radius 1 is 0.284 bits per heavy atom. The lowest BCUT2D eigenvalue weighted by Crippen LogP contribution is -2.38. The number of hydrogen-bond acceptors (Lipinski definition) is 7. The first kappa shape index (κ1) is 65.0. The van der Waals surface area contributed by atoms with Gasteiger partial charge in [-0.3, -0.25) is 14.7 Å². The minimum Gasteiger partial charge on any atom is -0.494 e. The van der Waals surface area contributed by atoms with Crippen LogP contribution in [0.2, 0.25) is 0 Å². The molecule has 9 rings (SSSR count). The van der Waals surface area contributed by atoms with E-state index in [2.05, 4.69) is 249 Å². The third kappa shape index (κ3) is 16.1. The van der Waals surface area contributed by atoms with Gasteiger partial charge in [-0.25, -0.2) is 0 Å². The maximum absolute atomic E-state index is 6.68. The third-order valence-corrected chi connectivity index (χ3v) is 17.8. The number of fused-ring (bicyclic) bond motifs is 8. The first-order chi connectivity index (χ1) is 43.2. The molecule has 4 aromatic heterocycles. The lowest BCUT2D eigenvalue weighted by Gasteiger charge is -2.29. The number of rotatable bonds is 34. The molecular formula is C77H101N7O4. The normalized spacial score (nSPS) is 13.6. The first-order valence-corrected chi connectivity index (χ1v) is 33.7. The van der Waals surface area contributed by atoms with Crippen molar-refractivity contribution in [2.75, 3.05) is 45.9 Å². The molecule has 8 bridgehead atoms. The lowest BCUT2D eigenvalue weighted by molar-refractivity contribution is 0.0297. The van der Waals surface area contributed by atoms with Crippen LogP contribution < -0.4 is 40.3 Å². The van der Waals surface area contributed by atoms with Gasteiger partial charge >= 0.3 is 0 Å². The van der Waals surface area contributed by atoms with Gasteiger partial charge in [-0.2, -0.15) is 0 Å². The summed E-state index contributed by atoms with van der Waals surface area (Å²) in [5, 5.41) is 3.90. The van der Waals surface area contributed by atoms with Crippen LogP contribution in [0.1, 0.15) is 198 Å². The maximum atomic E-state index is 6.68. The van der Waals surface area contributed by atoms with E-state index in [1.807, 2.05) is 0 Å². The van der Waals surface area contributed by atoms with E-state index < -0.39 is 0 Å². The Kier molecular flexibility index (Phi) is 24.2. The SMILES string of the molecule is CCCCCCCCCCCCOc1ccc(C2=c3ccc([nH]3)=C(c3ccc(OC(CC)N(CC)CC)cc3)c3ccc([nH]3)C(c3ccc(OC(CC)N(CC)CC)cc3)=c3ccc([nH]3)=C(c3ccc(OC(CC)N(CC)CC)cc3)c3ccc2[nH]3)cc1. The van der Waals surface area contributed by atoms with Gasteiger partial charge in [-0.15, -0.1) is 0 Å². The number of unbranched alkanes of at least 4 members (excludes halogenated alkanes) is 9. The highest BCUT2D eigenvalue weighted by molar-refractivity contribution is 5.85. The van der Waals surface area contributed by atoms with E-state index in [4.69, 9.17) is 18.9 Å². The summed E-state index contributed by atoms with van der Waals surface area (Å²) in [6.45, 7) is 28.3. The van der Waals surface area contributed by atoms with Crippen molar-refractivity contribution in [2.24, 2.45) is 0 Å². The fourth-order valence-corrected chi connectivity index (χ4v) is 12.8. The second-order valence-corrected chi connectivity index (χ2v) is 23.4. The lowest BCUT2D eigenvalue weighted by atomic mass is 10.0. The van der Waals surface area contributed by atoms with Crippen LogP contribution in [0, 0.1) is 0 Å². The fourth-order valence-electron chi connectivity index (χ4n) is 12.8. The Morgan fingerprint density at radius 2 is 0.545 bits per heavy atom. The van der Waals surface area contributed by atoms with Gasteiger partial charge in [0, 0.05) is 66.5 Å². The average molecular weight is 1190 g/mol. The van der Waals surface area contributed by atoms with E-state index >= 15 is 0 Å². The summed E-state index contributed by atoms with van der Waals surface area (Å²) in [5.41, 5.74) is 12.3. The van der Waals surface area contributed by atoms with Crippen molar-refractivity contribution in [2.45, 2.75) is 171 Å². The van der Waals surface area contributed by atoms with Gasteiger partial charge < -0.3 is 38.9 Å². The van der Waals surface area contributed by atoms with Crippen molar-refractivity contribution in [3.05, 3.63) is 212 Å². The van der Waals surface area contributed by atoms with Crippen LogP contribution in [0.3, 0.4) is 0 Å². The maximum Gasteiger partial charge on any atom is 0.152 e. The number of hydrogen-bond donors (Lipinski definition) is 4. The van der Waals surface area contributed by atoms with Crippen molar-refractivity contribution in [3.8, 4) is 23.0 Å². The number of aromatic amines is 4. The standard InChI is InChI=1S/C77H101N7O4/c1-11-21-22-23-24-25-26-27-28-29-54-85-59-38-30-55(31-39-59)74-63-46-48-65(78-63)75(56-32-40-60(41-33-56)86-71(12-2)82(15-5)16-6)67-50-52-69(80-67)77(58-36-44-62(45-37-58)88-73(14-4)84(19-9)20-10)70-53-51-68(81-70)76(66-49-47-64(74)79-66)57-34-42-61(43-35-57)87-72(13-3)83(17-7)18-8/h30-53,71-73,78-81H,11-29,54H2,1-10H3. The molecule has 3 atom stereocenters. The highest BCUT2D eigenvalue weighted by atomic mass is 16.5. The van der Waals surface area contributed by atoms with Crippen LogP contribution in [0.15, 0.2) is 146 Å². The minimum atomic E-state index is -0.0112. The van der Waals surface area contributed by atoms with Gasteiger partial charge in [-0.05, 0) is 184 Å². The Hall–Kier alpha value is -7.44. The second-order valence-electron chi connectivity index (χ2n) is 23.4. The molecule has 88 heavy (non-hydrogen) atoms. The molecule has 1 aliphatic heterocycles. The molecule has 3 unspecified atom stereocenters. The molecule has 8 aromatic rings. The van der Waals surface area contributed by atoms with Crippen molar-refractivity contribution in [1.29, 1.82) is 0 Å². The highest BCUT2D eigenvalue weighted by Crippen LogP contribution is 2.32. The number of benzene rings is 4. The molecule has 1 aliphatic rings. The highest BCUT2D eigenvalue weighted by Gasteiger charge is 2.22. The minimum absolute atomic E-state index is 0.00985. The van der Waals surface area contributed by atoms with Gasteiger partial charge in [0.05, 0.1) is 6.61 Å². The molecule has 0 aliphatic carbocycles. The van der Waals surface area contributed by atoms with Crippen LogP contribution in [0.4, 0.5) is 0 Å². The summed E-state index contributed by atoms with van der Waals surface area (Å²) < 4.78 is 26.4. The van der Waals surface area contributed by atoms with Gasteiger partial charge in [-0.1, -0.05) is 176 Å². The zero-order valence-electron chi connectivity index (χ0n) is 54.7. The second kappa shape index (κ2) is 32.7. The van der Waals surface area contributed by atoms with Crippen molar-refractivity contribution < 1.29 is 18.9 Å². The van der Waals surface area contributed by atoms with Crippen LogP contribution in [-0.4, -0.2) is 99.2 Å². The third-order valence-electron chi connectivity index (χ3n) is 17.8. The topological polar surface area (TPSA) is 110 Å². The van der Waals surface area contributed by atoms with Crippen LogP contribution >= 0.6 is 0 Å². The molecule has 11 nitrogen and oxygen atoms in total. The molecule has 0 fully saturated rings. The average Bonchev–Trinajstić information content (AvgIpc) is 1.97. The molecule has 0 radical (unpaired) electrons. The predicted octanol–water partition coefficient (Wildman–Crippen LogP) is 15.0. The number of H-pyrrole nitrogens is 4. The summed E-state index contributed by atoms with van der Waals surface area (Å²) in [5.74, 6) is 3.42. The van der Waals surface area contributed by atoms with Gasteiger partial charge in [0.2, 0.25) is 0 Å². The summed E-state index contributed by atoms with van der Waals surface area (Å²) in [7, 11) is 0. The van der Waals surface area contributed by atoms with E-state index in [9.17, 15) is 0 Å². The molecule has 4 aromatic carbocycles. The van der Waals surface area contributed by atoms with Gasteiger partial charge in [0.1, 0.15) is 23.0 Å². The van der Waals surface area contributed by atoms with Crippen molar-refractivity contribution in [1.82, 2.24) is 34.6 Å². The van der Waals surface area contributed by atoms with Crippen molar-refractivity contribution >= 4 is 22.3 Å². The summed E-state index contributed by atoms with van der Waals surface area (Å²) in [4.78, 5) is 23.1. The van der Waals surface area contributed by atoms with Crippen LogP contribution in [0.25, 0.3) is 22.3 Å². The number of nitrogens with one attached hydrogen (secondary N) is 4. The molecule has 0 saturated carbocycles. The number of ether oxygens (including phenoxy) is 4.